The molecule has 0 atom stereocenters. The second-order valence-corrected chi connectivity index (χ2v) is 5.16. The van der Waals surface area contributed by atoms with Gasteiger partial charge in [-0.05, 0) is 18.2 Å². The van der Waals surface area contributed by atoms with Gasteiger partial charge in [0.15, 0.2) is 0 Å². The molecule has 7 nitrogen and oxygen atoms in total. The van der Waals surface area contributed by atoms with E-state index < -0.39 is 0 Å². The highest BCUT2D eigenvalue weighted by atomic mass is 16.5. The Labute approximate surface area is 130 Å². The molecule has 0 amide bonds. The van der Waals surface area contributed by atoms with E-state index >= 15 is 0 Å². The molecular weight excluding hydrogens is 294 g/mol. The van der Waals surface area contributed by atoms with Crippen molar-refractivity contribution in [3.05, 3.63) is 47.1 Å². The Balaban J connectivity index is 1.96. The number of hydrogen-bond donors (Lipinski definition) is 1. The summed E-state index contributed by atoms with van der Waals surface area (Å²) < 4.78 is 6.58. The highest BCUT2D eigenvalue weighted by Gasteiger charge is 2.11. The SMILES string of the molecule is COc1ccc(-c2ccc3ncc4c([nH]c(=O)n4C)c3n2)cn1. The number of nitrogens with one attached hydrogen (secondary N) is 1. The normalized spacial score (nSPS) is 11.2. The number of imidazole rings is 1. The third kappa shape index (κ3) is 2.05. The van der Waals surface area contributed by atoms with Crippen LogP contribution in [0.25, 0.3) is 33.3 Å². The Bertz CT molecular complexity index is 1080. The van der Waals surface area contributed by atoms with Gasteiger partial charge in [-0.15, -0.1) is 0 Å². The summed E-state index contributed by atoms with van der Waals surface area (Å²) in [6.45, 7) is 0. The van der Waals surface area contributed by atoms with Gasteiger partial charge in [-0.2, -0.15) is 0 Å². The Morgan fingerprint density at radius 2 is 2.00 bits per heavy atom. The van der Waals surface area contributed by atoms with Gasteiger partial charge < -0.3 is 9.72 Å². The molecule has 0 radical (unpaired) electrons. The first-order valence-electron chi connectivity index (χ1n) is 7.02. The van der Waals surface area contributed by atoms with E-state index in [9.17, 15) is 4.79 Å². The van der Waals surface area contributed by atoms with Crippen LogP contribution in [0.3, 0.4) is 0 Å². The molecule has 0 aliphatic rings. The quantitative estimate of drug-likeness (QED) is 0.611. The Morgan fingerprint density at radius 3 is 2.74 bits per heavy atom. The maximum absolute atomic E-state index is 11.8. The van der Waals surface area contributed by atoms with Crippen LogP contribution in [0.2, 0.25) is 0 Å². The molecule has 4 heterocycles. The van der Waals surface area contributed by atoms with Gasteiger partial charge in [0.05, 0.1) is 35.6 Å². The fourth-order valence-electron chi connectivity index (χ4n) is 2.55. The van der Waals surface area contributed by atoms with Gasteiger partial charge in [0.25, 0.3) is 0 Å². The van der Waals surface area contributed by atoms with E-state index in [1.165, 1.54) is 4.57 Å². The number of pyridine rings is 3. The van der Waals surface area contributed by atoms with E-state index in [1.54, 1.807) is 32.6 Å². The molecule has 7 heteroatoms. The molecule has 4 aromatic rings. The summed E-state index contributed by atoms with van der Waals surface area (Å²) in [5.41, 5.74) is 4.23. The lowest BCUT2D eigenvalue weighted by Gasteiger charge is -2.04. The van der Waals surface area contributed by atoms with Crippen LogP contribution in [0.4, 0.5) is 0 Å². The third-order valence-corrected chi connectivity index (χ3v) is 3.83. The molecule has 0 aliphatic carbocycles. The molecule has 0 aromatic carbocycles. The first kappa shape index (κ1) is 13.4. The fourth-order valence-corrected chi connectivity index (χ4v) is 2.55. The highest BCUT2D eigenvalue weighted by molar-refractivity contribution is 5.99. The van der Waals surface area contributed by atoms with Crippen molar-refractivity contribution < 1.29 is 4.74 Å². The first-order valence-corrected chi connectivity index (χ1v) is 7.02. The second-order valence-electron chi connectivity index (χ2n) is 5.16. The highest BCUT2D eigenvalue weighted by Crippen LogP contribution is 2.24. The third-order valence-electron chi connectivity index (χ3n) is 3.83. The Morgan fingerprint density at radius 1 is 1.13 bits per heavy atom. The molecule has 0 bridgehead atoms. The molecule has 0 spiro atoms. The number of methoxy groups -OCH3 is 1. The van der Waals surface area contributed by atoms with Gasteiger partial charge in [0, 0.05) is 24.9 Å². The molecule has 23 heavy (non-hydrogen) atoms. The number of aromatic amines is 1. The van der Waals surface area contributed by atoms with Gasteiger partial charge in [-0.1, -0.05) is 0 Å². The van der Waals surface area contributed by atoms with Crippen molar-refractivity contribution >= 4 is 22.1 Å². The minimum absolute atomic E-state index is 0.187. The lowest BCUT2D eigenvalue weighted by molar-refractivity contribution is 0.398. The first-order chi connectivity index (χ1) is 11.2. The molecule has 0 unspecified atom stereocenters. The average molecular weight is 307 g/mol. The fraction of sp³-hybridized carbons (Fsp3) is 0.125. The summed E-state index contributed by atoms with van der Waals surface area (Å²) in [7, 11) is 3.27. The van der Waals surface area contributed by atoms with Crippen LogP contribution in [0.1, 0.15) is 0 Å². The zero-order chi connectivity index (χ0) is 16.0. The minimum Gasteiger partial charge on any atom is -0.481 e. The van der Waals surface area contributed by atoms with E-state index in [4.69, 9.17) is 4.74 Å². The topological polar surface area (TPSA) is 85.7 Å². The molecular formula is C16H13N5O2. The number of H-pyrrole nitrogens is 1. The maximum atomic E-state index is 11.8. The van der Waals surface area contributed by atoms with Crippen molar-refractivity contribution in [1.29, 1.82) is 0 Å². The zero-order valence-corrected chi connectivity index (χ0v) is 12.6. The van der Waals surface area contributed by atoms with Gasteiger partial charge in [0.1, 0.15) is 5.52 Å². The largest absolute Gasteiger partial charge is 0.481 e. The van der Waals surface area contributed by atoms with Crippen molar-refractivity contribution in [1.82, 2.24) is 24.5 Å². The van der Waals surface area contributed by atoms with Gasteiger partial charge in [0.2, 0.25) is 5.88 Å². The van der Waals surface area contributed by atoms with Crippen molar-refractivity contribution in [2.45, 2.75) is 0 Å². The van der Waals surface area contributed by atoms with E-state index in [2.05, 4.69) is 19.9 Å². The van der Waals surface area contributed by atoms with Crippen molar-refractivity contribution in [3.63, 3.8) is 0 Å². The summed E-state index contributed by atoms with van der Waals surface area (Å²) in [5.74, 6) is 0.547. The summed E-state index contributed by atoms with van der Waals surface area (Å²) in [6, 6.07) is 7.43. The molecule has 1 N–H and O–H groups in total. The number of hydrogen-bond acceptors (Lipinski definition) is 5. The smallest absolute Gasteiger partial charge is 0.326 e. The van der Waals surface area contributed by atoms with E-state index in [1.807, 2.05) is 18.2 Å². The van der Waals surface area contributed by atoms with Crippen LogP contribution in [0, 0.1) is 0 Å². The van der Waals surface area contributed by atoms with Crippen molar-refractivity contribution in [3.8, 4) is 17.1 Å². The van der Waals surface area contributed by atoms with Crippen LogP contribution in [0.15, 0.2) is 41.5 Å². The second kappa shape index (κ2) is 4.91. The molecule has 0 fully saturated rings. The van der Waals surface area contributed by atoms with Gasteiger partial charge in [-0.3, -0.25) is 9.55 Å². The monoisotopic (exact) mass is 307 g/mol. The lowest BCUT2D eigenvalue weighted by Crippen LogP contribution is -2.11. The van der Waals surface area contributed by atoms with Gasteiger partial charge >= 0.3 is 5.69 Å². The maximum Gasteiger partial charge on any atom is 0.326 e. The summed E-state index contributed by atoms with van der Waals surface area (Å²) >= 11 is 0. The summed E-state index contributed by atoms with van der Waals surface area (Å²) in [6.07, 6.45) is 3.38. The Hall–Kier alpha value is -3.22. The minimum atomic E-state index is -0.187. The number of rotatable bonds is 2. The van der Waals surface area contributed by atoms with Crippen LogP contribution >= 0.6 is 0 Å². The zero-order valence-electron chi connectivity index (χ0n) is 12.6. The molecule has 114 valence electrons. The molecule has 4 aromatic heterocycles. The predicted molar refractivity (Wildman–Crippen MR) is 86.4 cm³/mol. The van der Waals surface area contributed by atoms with E-state index in [-0.39, 0.29) is 5.69 Å². The molecule has 4 rings (SSSR count). The predicted octanol–water partition coefficient (Wildman–Crippen LogP) is 1.88. The number of fused-ring (bicyclic) bond motifs is 3. The average Bonchev–Trinajstić information content (AvgIpc) is 2.89. The van der Waals surface area contributed by atoms with Crippen LogP contribution in [-0.4, -0.2) is 31.6 Å². The number of aryl methyl sites for hydroxylation is 1. The van der Waals surface area contributed by atoms with Crippen LogP contribution in [-0.2, 0) is 7.05 Å². The van der Waals surface area contributed by atoms with Crippen LogP contribution < -0.4 is 10.4 Å². The molecule has 0 aliphatic heterocycles. The lowest BCUT2D eigenvalue weighted by atomic mass is 10.1. The molecule has 0 saturated carbocycles. The van der Waals surface area contributed by atoms with Crippen LogP contribution in [0.5, 0.6) is 5.88 Å². The summed E-state index contributed by atoms with van der Waals surface area (Å²) in [5, 5.41) is 0. The number of aromatic nitrogens is 5. The van der Waals surface area contributed by atoms with Crippen molar-refractivity contribution in [2.24, 2.45) is 7.05 Å². The number of ether oxygens (including phenoxy) is 1. The van der Waals surface area contributed by atoms with E-state index in [0.717, 1.165) is 22.3 Å². The van der Waals surface area contributed by atoms with Crippen molar-refractivity contribution in [2.75, 3.05) is 7.11 Å². The summed E-state index contributed by atoms with van der Waals surface area (Å²) in [4.78, 5) is 27.9. The standard InChI is InChI=1S/C16H13N5O2/c1-21-12-8-17-11-5-4-10(9-3-6-13(23-2)18-7-9)19-14(11)15(12)20-16(21)22/h3-8H,1-2H3,(H,20,22). The molecule has 0 saturated heterocycles. The Kier molecular flexibility index (Phi) is 2.87. The van der Waals surface area contributed by atoms with E-state index in [0.29, 0.717) is 16.9 Å². The number of nitrogens with zero attached hydrogens (tertiary/aromatic N) is 4. The van der Waals surface area contributed by atoms with Gasteiger partial charge in [-0.25, -0.2) is 14.8 Å².